The van der Waals surface area contributed by atoms with Gasteiger partial charge in [0, 0.05) is 38.4 Å². The highest BCUT2D eigenvalue weighted by atomic mass is 16.2. The van der Waals surface area contributed by atoms with Crippen LogP contribution in [0.25, 0.3) is 11.4 Å². The van der Waals surface area contributed by atoms with E-state index in [1.54, 1.807) is 6.20 Å². The molecular formula is C20H26N4O. The third kappa shape index (κ3) is 3.81. The third-order valence-electron chi connectivity index (χ3n) is 4.75. The van der Waals surface area contributed by atoms with E-state index in [-0.39, 0.29) is 5.91 Å². The summed E-state index contributed by atoms with van der Waals surface area (Å²) < 4.78 is 0. The summed E-state index contributed by atoms with van der Waals surface area (Å²) in [6.45, 7) is 6.55. The molecule has 5 heteroatoms. The van der Waals surface area contributed by atoms with E-state index >= 15 is 0 Å². The van der Waals surface area contributed by atoms with Crippen LogP contribution < -0.4 is 4.90 Å². The van der Waals surface area contributed by atoms with Crippen LogP contribution in [0.4, 0.5) is 5.82 Å². The summed E-state index contributed by atoms with van der Waals surface area (Å²) in [6.07, 6.45) is 5.05. The number of aromatic nitrogens is 2. The lowest BCUT2D eigenvalue weighted by molar-refractivity contribution is 0.0724. The minimum atomic E-state index is 0.0470. The monoisotopic (exact) mass is 338 g/mol. The summed E-state index contributed by atoms with van der Waals surface area (Å²) in [6, 6.07) is 8.13. The molecule has 2 heterocycles. The molecule has 0 bridgehead atoms. The van der Waals surface area contributed by atoms with Gasteiger partial charge < -0.3 is 9.80 Å². The van der Waals surface area contributed by atoms with Crippen LogP contribution in [0.15, 0.2) is 30.5 Å². The highest BCUT2D eigenvalue weighted by Crippen LogP contribution is 2.24. The van der Waals surface area contributed by atoms with Crippen molar-refractivity contribution in [3.8, 4) is 11.4 Å². The lowest BCUT2D eigenvalue weighted by Gasteiger charge is -2.28. The Hall–Kier alpha value is -2.43. The zero-order valence-corrected chi connectivity index (χ0v) is 15.3. The van der Waals surface area contributed by atoms with Crippen molar-refractivity contribution in [2.45, 2.75) is 33.1 Å². The fraction of sp³-hybridized carbons (Fsp3) is 0.450. The predicted molar refractivity (Wildman–Crippen MR) is 101 cm³/mol. The van der Waals surface area contributed by atoms with Gasteiger partial charge in [-0.3, -0.25) is 4.79 Å². The van der Waals surface area contributed by atoms with Crippen molar-refractivity contribution in [2.75, 3.05) is 31.6 Å². The van der Waals surface area contributed by atoms with E-state index in [2.05, 4.69) is 31.0 Å². The van der Waals surface area contributed by atoms with Gasteiger partial charge in [0.15, 0.2) is 5.82 Å². The highest BCUT2D eigenvalue weighted by Gasteiger charge is 2.24. The number of rotatable bonds is 4. The van der Waals surface area contributed by atoms with Crippen LogP contribution in [0.1, 0.15) is 42.1 Å². The van der Waals surface area contributed by atoms with E-state index < -0.39 is 0 Å². The molecule has 0 radical (unpaired) electrons. The number of amides is 1. The molecule has 0 spiro atoms. The molecule has 0 unspecified atom stereocenters. The topological polar surface area (TPSA) is 49.3 Å². The Kier molecular flexibility index (Phi) is 5.31. The first-order chi connectivity index (χ1) is 12.1. The van der Waals surface area contributed by atoms with Gasteiger partial charge in [-0.2, -0.15) is 0 Å². The number of hydrogen-bond donors (Lipinski definition) is 0. The van der Waals surface area contributed by atoms with Gasteiger partial charge in [-0.05, 0) is 39.2 Å². The molecule has 1 aromatic heterocycles. The van der Waals surface area contributed by atoms with Crippen molar-refractivity contribution >= 4 is 11.7 Å². The number of carbonyl (C=O) groups excluding carboxylic acids is 1. The lowest BCUT2D eigenvalue weighted by atomic mass is 10.1. The van der Waals surface area contributed by atoms with Crippen molar-refractivity contribution in [3.05, 3.63) is 41.6 Å². The Balaban J connectivity index is 1.99. The molecule has 5 nitrogen and oxygen atoms in total. The average molecular weight is 338 g/mol. The van der Waals surface area contributed by atoms with Crippen molar-refractivity contribution in [3.63, 3.8) is 0 Å². The molecule has 0 saturated carbocycles. The molecular weight excluding hydrogens is 312 g/mol. The maximum Gasteiger partial charge on any atom is 0.259 e. The third-order valence-corrected chi connectivity index (χ3v) is 4.75. The molecule has 1 aromatic carbocycles. The molecule has 25 heavy (non-hydrogen) atoms. The first kappa shape index (κ1) is 17.4. The van der Waals surface area contributed by atoms with Crippen molar-refractivity contribution in [1.82, 2.24) is 14.9 Å². The van der Waals surface area contributed by atoms with Gasteiger partial charge >= 0.3 is 0 Å². The first-order valence-electron chi connectivity index (χ1n) is 9.04. The van der Waals surface area contributed by atoms with Gasteiger partial charge in [0.2, 0.25) is 0 Å². The zero-order chi connectivity index (χ0) is 17.8. The van der Waals surface area contributed by atoms with E-state index in [0.29, 0.717) is 17.2 Å². The molecule has 1 saturated heterocycles. The molecule has 0 N–H and O–H groups in total. The van der Waals surface area contributed by atoms with Gasteiger partial charge in [-0.1, -0.05) is 23.8 Å². The number of aryl methyl sites for hydroxylation is 1. The van der Waals surface area contributed by atoms with E-state index in [0.717, 1.165) is 38.0 Å². The summed E-state index contributed by atoms with van der Waals surface area (Å²) in [4.78, 5) is 26.1. The summed E-state index contributed by atoms with van der Waals surface area (Å²) in [5, 5.41) is 0. The Morgan fingerprint density at radius 2 is 2.00 bits per heavy atom. The molecule has 132 valence electrons. The number of carbonyl (C=O) groups is 1. The highest BCUT2D eigenvalue weighted by molar-refractivity contribution is 5.99. The molecule has 2 aromatic rings. The molecule has 3 rings (SSSR count). The molecule has 1 amide bonds. The van der Waals surface area contributed by atoms with E-state index in [9.17, 15) is 4.79 Å². The molecule has 0 aliphatic carbocycles. The van der Waals surface area contributed by atoms with E-state index in [1.807, 2.05) is 29.0 Å². The van der Waals surface area contributed by atoms with Crippen LogP contribution in [0.5, 0.6) is 0 Å². The predicted octanol–water partition coefficient (Wildman–Crippen LogP) is 3.53. The van der Waals surface area contributed by atoms with Crippen molar-refractivity contribution < 1.29 is 4.79 Å². The Morgan fingerprint density at radius 1 is 1.24 bits per heavy atom. The van der Waals surface area contributed by atoms with E-state index in [1.165, 1.54) is 12.0 Å². The van der Waals surface area contributed by atoms with Gasteiger partial charge in [-0.25, -0.2) is 9.97 Å². The lowest BCUT2D eigenvalue weighted by Crippen LogP contribution is -2.37. The second-order valence-electron chi connectivity index (χ2n) is 6.67. The van der Waals surface area contributed by atoms with Crippen LogP contribution in [-0.2, 0) is 0 Å². The van der Waals surface area contributed by atoms with Crippen LogP contribution in [-0.4, -0.2) is 47.5 Å². The fourth-order valence-corrected chi connectivity index (χ4v) is 3.16. The summed E-state index contributed by atoms with van der Waals surface area (Å²) in [5.74, 6) is 1.42. The van der Waals surface area contributed by atoms with Crippen LogP contribution in [0, 0.1) is 6.92 Å². The average Bonchev–Trinajstić information content (AvgIpc) is 2.67. The Labute approximate surface area is 149 Å². The van der Waals surface area contributed by atoms with Gasteiger partial charge in [0.05, 0.1) is 0 Å². The van der Waals surface area contributed by atoms with Gasteiger partial charge in [0.25, 0.3) is 5.91 Å². The molecule has 1 fully saturated rings. The van der Waals surface area contributed by atoms with Gasteiger partial charge in [-0.15, -0.1) is 0 Å². The zero-order valence-electron chi connectivity index (χ0n) is 15.3. The molecule has 1 aliphatic heterocycles. The number of benzene rings is 1. The first-order valence-corrected chi connectivity index (χ1v) is 9.04. The normalized spacial score (nSPS) is 14.4. The summed E-state index contributed by atoms with van der Waals surface area (Å²) >= 11 is 0. The van der Waals surface area contributed by atoms with Crippen LogP contribution >= 0.6 is 0 Å². The Morgan fingerprint density at radius 3 is 2.68 bits per heavy atom. The van der Waals surface area contributed by atoms with E-state index in [4.69, 9.17) is 4.98 Å². The number of likely N-dealkylation sites (tertiary alicyclic amines) is 1. The second-order valence-corrected chi connectivity index (χ2v) is 6.67. The summed E-state index contributed by atoms with van der Waals surface area (Å²) in [7, 11) is 1.97. The second kappa shape index (κ2) is 7.64. The largest absolute Gasteiger partial charge is 0.359 e. The standard InChI is InChI=1S/C20H26N4O/c1-4-23(3)19-17(20(25)24-11-6-5-7-12-24)14-21-18(22-19)16-10-8-9-15(2)13-16/h8-10,13-14H,4-7,11-12H2,1-3H3. The SMILES string of the molecule is CCN(C)c1nc(-c2cccc(C)c2)ncc1C(=O)N1CCCCC1. The smallest absolute Gasteiger partial charge is 0.259 e. The maximum atomic E-state index is 13.0. The minimum Gasteiger partial charge on any atom is -0.359 e. The quantitative estimate of drug-likeness (QED) is 0.856. The van der Waals surface area contributed by atoms with Gasteiger partial charge in [0.1, 0.15) is 11.4 Å². The number of hydrogen-bond acceptors (Lipinski definition) is 4. The number of anilines is 1. The molecule has 1 aliphatic rings. The summed E-state index contributed by atoms with van der Waals surface area (Å²) in [5.41, 5.74) is 2.74. The van der Waals surface area contributed by atoms with Crippen LogP contribution in [0.2, 0.25) is 0 Å². The minimum absolute atomic E-state index is 0.0470. The van der Waals surface area contributed by atoms with Crippen LogP contribution in [0.3, 0.4) is 0 Å². The maximum absolute atomic E-state index is 13.0. The number of nitrogens with zero attached hydrogens (tertiary/aromatic N) is 4. The molecule has 0 atom stereocenters. The van der Waals surface area contributed by atoms with Crippen molar-refractivity contribution in [1.29, 1.82) is 0 Å². The Bertz CT molecular complexity index is 753. The number of piperidine rings is 1. The van der Waals surface area contributed by atoms with Crippen molar-refractivity contribution in [2.24, 2.45) is 0 Å². The fourth-order valence-electron chi connectivity index (χ4n) is 3.16.